The van der Waals surface area contributed by atoms with Gasteiger partial charge in [0, 0.05) is 25.5 Å². The number of carbonyl (C=O) groups is 1. The molecular formula is C21H21N5O2. The van der Waals surface area contributed by atoms with E-state index in [4.69, 9.17) is 4.74 Å². The van der Waals surface area contributed by atoms with Gasteiger partial charge in [-0.25, -0.2) is 4.98 Å². The Balaban J connectivity index is 1.44. The minimum Gasteiger partial charge on any atom is -0.378 e. The molecule has 1 aromatic carbocycles. The van der Waals surface area contributed by atoms with Crippen molar-refractivity contribution in [2.75, 3.05) is 41.8 Å². The second-order valence-electron chi connectivity index (χ2n) is 6.37. The van der Waals surface area contributed by atoms with Crippen LogP contribution in [0.15, 0.2) is 67.1 Å². The predicted molar refractivity (Wildman–Crippen MR) is 109 cm³/mol. The van der Waals surface area contributed by atoms with Crippen LogP contribution in [0.25, 0.3) is 0 Å². The lowest BCUT2D eigenvalue weighted by atomic mass is 10.2. The van der Waals surface area contributed by atoms with Crippen molar-refractivity contribution in [3.05, 3.63) is 72.7 Å². The van der Waals surface area contributed by atoms with Crippen LogP contribution < -0.4 is 15.5 Å². The lowest BCUT2D eigenvalue weighted by Gasteiger charge is -2.30. The van der Waals surface area contributed by atoms with Gasteiger partial charge in [-0.2, -0.15) is 0 Å². The molecular weight excluding hydrogens is 354 g/mol. The van der Waals surface area contributed by atoms with Crippen LogP contribution in [-0.4, -0.2) is 42.2 Å². The van der Waals surface area contributed by atoms with Gasteiger partial charge in [0.15, 0.2) is 0 Å². The lowest BCUT2D eigenvalue weighted by Crippen LogP contribution is -2.36. The Hall–Kier alpha value is -3.45. The van der Waals surface area contributed by atoms with Gasteiger partial charge in [-0.05, 0) is 36.4 Å². The fraction of sp³-hybridized carbons (Fsp3) is 0.190. The molecule has 1 saturated heterocycles. The van der Waals surface area contributed by atoms with Crippen molar-refractivity contribution in [1.82, 2.24) is 9.97 Å². The van der Waals surface area contributed by atoms with Crippen LogP contribution in [0, 0.1) is 0 Å². The number of aromatic nitrogens is 2. The highest BCUT2D eigenvalue weighted by molar-refractivity contribution is 6.03. The Labute approximate surface area is 163 Å². The van der Waals surface area contributed by atoms with Crippen molar-refractivity contribution >= 4 is 28.8 Å². The van der Waals surface area contributed by atoms with E-state index >= 15 is 0 Å². The zero-order chi connectivity index (χ0) is 19.2. The molecule has 3 heterocycles. The van der Waals surface area contributed by atoms with Crippen LogP contribution in [0.1, 0.15) is 10.4 Å². The van der Waals surface area contributed by atoms with E-state index in [1.807, 2.05) is 24.3 Å². The number of hydrogen-bond donors (Lipinski definition) is 2. The van der Waals surface area contributed by atoms with Gasteiger partial charge in [-0.1, -0.05) is 12.1 Å². The van der Waals surface area contributed by atoms with Crippen molar-refractivity contribution in [2.45, 2.75) is 0 Å². The second-order valence-corrected chi connectivity index (χ2v) is 6.37. The van der Waals surface area contributed by atoms with Crippen molar-refractivity contribution in [1.29, 1.82) is 0 Å². The minimum atomic E-state index is -0.237. The highest BCUT2D eigenvalue weighted by Crippen LogP contribution is 2.29. The molecule has 0 bridgehead atoms. The number of pyridine rings is 2. The number of morpholine rings is 1. The van der Waals surface area contributed by atoms with Gasteiger partial charge in [0.05, 0.1) is 42.0 Å². The Bertz CT molecular complexity index is 925. The Morgan fingerprint density at radius 1 is 1.00 bits per heavy atom. The number of rotatable bonds is 5. The fourth-order valence-electron chi connectivity index (χ4n) is 3.04. The predicted octanol–water partition coefficient (Wildman–Crippen LogP) is 3.31. The molecule has 1 amide bonds. The number of hydrogen-bond acceptors (Lipinski definition) is 6. The van der Waals surface area contributed by atoms with E-state index in [0.29, 0.717) is 11.4 Å². The molecule has 0 saturated carbocycles. The van der Waals surface area contributed by atoms with E-state index in [-0.39, 0.29) is 5.91 Å². The quantitative estimate of drug-likeness (QED) is 0.712. The first-order valence-electron chi connectivity index (χ1n) is 9.16. The van der Waals surface area contributed by atoms with E-state index in [1.165, 1.54) is 6.20 Å². The molecule has 4 rings (SSSR count). The van der Waals surface area contributed by atoms with Gasteiger partial charge in [0.25, 0.3) is 5.91 Å². The van der Waals surface area contributed by atoms with Crippen LogP contribution in [0.5, 0.6) is 0 Å². The van der Waals surface area contributed by atoms with Crippen LogP contribution in [0.3, 0.4) is 0 Å². The summed E-state index contributed by atoms with van der Waals surface area (Å²) in [4.78, 5) is 22.8. The third kappa shape index (κ3) is 4.27. The summed E-state index contributed by atoms with van der Waals surface area (Å²) in [5.41, 5.74) is 3.49. The number of nitrogens with one attached hydrogen (secondary N) is 2. The average Bonchev–Trinajstić information content (AvgIpc) is 2.77. The summed E-state index contributed by atoms with van der Waals surface area (Å²) in [5.74, 6) is 0.250. The number of anilines is 4. The largest absolute Gasteiger partial charge is 0.378 e. The lowest BCUT2D eigenvalue weighted by molar-refractivity contribution is 0.102. The first-order valence-corrected chi connectivity index (χ1v) is 9.16. The zero-order valence-corrected chi connectivity index (χ0v) is 15.3. The van der Waals surface area contributed by atoms with Crippen molar-refractivity contribution in [2.24, 2.45) is 0 Å². The molecule has 7 heteroatoms. The molecule has 2 aromatic heterocycles. The molecule has 0 unspecified atom stereocenters. The third-order valence-corrected chi connectivity index (χ3v) is 4.46. The maximum absolute atomic E-state index is 12.2. The monoisotopic (exact) mass is 375 g/mol. The summed E-state index contributed by atoms with van der Waals surface area (Å²) in [6, 6.07) is 15.3. The van der Waals surface area contributed by atoms with Gasteiger partial charge >= 0.3 is 0 Å². The van der Waals surface area contributed by atoms with E-state index in [9.17, 15) is 4.79 Å². The maximum Gasteiger partial charge on any atom is 0.258 e. The summed E-state index contributed by atoms with van der Waals surface area (Å²) in [7, 11) is 0. The molecule has 7 nitrogen and oxygen atoms in total. The van der Waals surface area contributed by atoms with E-state index in [2.05, 4.69) is 31.6 Å². The number of carbonyl (C=O) groups excluding carboxylic acids is 1. The number of benzene rings is 1. The van der Waals surface area contributed by atoms with Crippen LogP contribution in [0.4, 0.5) is 22.9 Å². The van der Waals surface area contributed by atoms with E-state index in [1.54, 1.807) is 30.6 Å². The molecule has 3 aromatic rings. The SMILES string of the molecule is O=C(Nc1ccc(Nc2ccccc2N2CCOCC2)cn1)c1cccnc1. The highest BCUT2D eigenvalue weighted by Gasteiger charge is 2.14. The Kier molecular flexibility index (Phi) is 5.44. The molecule has 28 heavy (non-hydrogen) atoms. The average molecular weight is 375 g/mol. The van der Waals surface area contributed by atoms with Crippen LogP contribution in [0.2, 0.25) is 0 Å². The summed E-state index contributed by atoms with van der Waals surface area (Å²) in [5, 5.41) is 6.19. The number of para-hydroxylation sites is 2. The third-order valence-electron chi connectivity index (χ3n) is 4.46. The zero-order valence-electron chi connectivity index (χ0n) is 15.3. The number of ether oxygens (including phenoxy) is 1. The van der Waals surface area contributed by atoms with E-state index in [0.717, 1.165) is 43.4 Å². The smallest absolute Gasteiger partial charge is 0.258 e. The molecule has 1 fully saturated rings. The summed E-state index contributed by atoms with van der Waals surface area (Å²) >= 11 is 0. The molecule has 1 aliphatic rings. The normalized spacial score (nSPS) is 13.8. The molecule has 142 valence electrons. The first kappa shape index (κ1) is 17.9. The molecule has 0 spiro atoms. The molecule has 0 aliphatic carbocycles. The number of nitrogens with zero attached hydrogens (tertiary/aromatic N) is 3. The summed E-state index contributed by atoms with van der Waals surface area (Å²) < 4.78 is 5.45. The first-order chi connectivity index (χ1) is 13.8. The molecule has 0 radical (unpaired) electrons. The van der Waals surface area contributed by atoms with E-state index < -0.39 is 0 Å². The van der Waals surface area contributed by atoms with Crippen molar-refractivity contribution in [3.63, 3.8) is 0 Å². The van der Waals surface area contributed by atoms with Gasteiger partial charge in [0.2, 0.25) is 0 Å². The minimum absolute atomic E-state index is 0.237. The Morgan fingerprint density at radius 2 is 1.86 bits per heavy atom. The summed E-state index contributed by atoms with van der Waals surface area (Å²) in [6.45, 7) is 3.22. The van der Waals surface area contributed by atoms with Crippen molar-refractivity contribution in [3.8, 4) is 0 Å². The van der Waals surface area contributed by atoms with Crippen LogP contribution >= 0.6 is 0 Å². The standard InChI is InChI=1S/C21H21N5O2/c27-21(16-4-3-9-22-14-16)25-20-8-7-17(15-23-20)24-18-5-1-2-6-19(18)26-10-12-28-13-11-26/h1-9,14-15,24H,10-13H2,(H,23,25,27). The van der Waals surface area contributed by atoms with Crippen LogP contribution in [-0.2, 0) is 4.74 Å². The van der Waals surface area contributed by atoms with Gasteiger partial charge < -0.3 is 20.3 Å². The highest BCUT2D eigenvalue weighted by atomic mass is 16.5. The topological polar surface area (TPSA) is 79.4 Å². The van der Waals surface area contributed by atoms with Gasteiger partial charge in [-0.3, -0.25) is 9.78 Å². The Morgan fingerprint density at radius 3 is 2.61 bits per heavy atom. The molecule has 1 aliphatic heterocycles. The van der Waals surface area contributed by atoms with Gasteiger partial charge in [0.1, 0.15) is 5.82 Å². The molecule has 2 N–H and O–H groups in total. The second kappa shape index (κ2) is 8.49. The number of amides is 1. The fourth-order valence-corrected chi connectivity index (χ4v) is 3.04. The summed E-state index contributed by atoms with van der Waals surface area (Å²) in [6.07, 6.45) is 4.85. The maximum atomic E-state index is 12.2. The molecule has 0 atom stereocenters. The van der Waals surface area contributed by atoms with Crippen molar-refractivity contribution < 1.29 is 9.53 Å². The van der Waals surface area contributed by atoms with Gasteiger partial charge in [-0.15, -0.1) is 0 Å².